The minimum Gasteiger partial charge on any atom is -0.291 e. The van der Waals surface area contributed by atoms with Crippen LogP contribution in [-0.2, 0) is 18.1 Å². The van der Waals surface area contributed by atoms with Crippen molar-refractivity contribution < 1.29 is 13.2 Å². The van der Waals surface area contributed by atoms with Gasteiger partial charge in [0.05, 0.1) is 5.56 Å². The molecule has 0 N–H and O–H groups in total. The number of benzene rings is 3. The van der Waals surface area contributed by atoms with Crippen molar-refractivity contribution in [3.63, 3.8) is 0 Å². The van der Waals surface area contributed by atoms with E-state index >= 15 is 0 Å². The highest BCUT2D eigenvalue weighted by molar-refractivity contribution is 5.49. The monoisotopic (exact) mass is 510 g/mol. The van der Waals surface area contributed by atoms with Gasteiger partial charge in [-0.2, -0.15) is 13.2 Å². The molecule has 5 heteroatoms. The van der Waals surface area contributed by atoms with E-state index in [1.165, 1.54) is 28.8 Å². The molecule has 4 aliphatic rings. The first-order chi connectivity index (χ1) is 18.4. The molecule has 2 nitrogen and oxygen atoms in total. The molecule has 8 rings (SSSR count). The van der Waals surface area contributed by atoms with Crippen molar-refractivity contribution in [2.24, 2.45) is 11.3 Å². The maximum Gasteiger partial charge on any atom is 0.416 e. The standard InChI is InChI=1S/C33H29F3N2/c34-33(35,36)27-15-13-24(14-16-27)29-28-20-38(19-23-8-7-17-37-18-23)30(25-9-3-1-4-10-25)32(28)21-31(29,22-32)26-11-5-2-6-12-26/h1-18,28-30H,19-22H2/t28-,29?,30-,31?,32?/m1/s1. The molecule has 3 aromatic carbocycles. The molecule has 3 saturated carbocycles. The minimum absolute atomic E-state index is 0.0564. The zero-order valence-corrected chi connectivity index (χ0v) is 21.0. The summed E-state index contributed by atoms with van der Waals surface area (Å²) in [7, 11) is 0. The van der Waals surface area contributed by atoms with Crippen LogP contribution in [0.5, 0.6) is 0 Å². The van der Waals surface area contributed by atoms with E-state index in [4.69, 9.17) is 0 Å². The van der Waals surface area contributed by atoms with E-state index in [9.17, 15) is 13.2 Å². The maximum atomic E-state index is 13.4. The third-order valence-corrected chi connectivity index (χ3v) is 9.54. The number of rotatable bonds is 5. The van der Waals surface area contributed by atoms with Crippen molar-refractivity contribution in [1.82, 2.24) is 9.88 Å². The minimum atomic E-state index is -4.33. The van der Waals surface area contributed by atoms with Crippen LogP contribution in [0.2, 0.25) is 0 Å². The fraction of sp³-hybridized carbons (Fsp3) is 0.303. The smallest absolute Gasteiger partial charge is 0.291 e. The first-order valence-electron chi connectivity index (χ1n) is 13.3. The van der Waals surface area contributed by atoms with Crippen molar-refractivity contribution in [2.45, 2.75) is 42.9 Å². The Kier molecular flexibility index (Phi) is 5.31. The van der Waals surface area contributed by atoms with E-state index < -0.39 is 11.7 Å². The SMILES string of the molecule is FC(F)(F)c1ccc(C2[C@H]3CN(Cc4cccnc4)[C@H](c4ccccc4)C34CC2(c2ccccc2)C4)cc1. The van der Waals surface area contributed by atoms with Gasteiger partial charge >= 0.3 is 6.18 Å². The average molecular weight is 511 g/mol. The van der Waals surface area contributed by atoms with Crippen molar-refractivity contribution in [1.29, 1.82) is 0 Å². The van der Waals surface area contributed by atoms with Gasteiger partial charge in [0, 0.05) is 36.9 Å². The largest absolute Gasteiger partial charge is 0.416 e. The van der Waals surface area contributed by atoms with Crippen LogP contribution in [-0.4, -0.2) is 16.4 Å². The molecule has 0 amide bonds. The van der Waals surface area contributed by atoms with Crippen LogP contribution >= 0.6 is 0 Å². The molecule has 4 fully saturated rings. The number of alkyl halides is 3. The topological polar surface area (TPSA) is 16.1 Å². The van der Waals surface area contributed by atoms with Crippen molar-refractivity contribution in [3.8, 4) is 0 Å². The van der Waals surface area contributed by atoms with Gasteiger partial charge in [-0.05, 0) is 70.5 Å². The molecule has 2 heterocycles. The number of hydrogen-bond acceptors (Lipinski definition) is 2. The molecule has 1 aliphatic heterocycles. The van der Waals surface area contributed by atoms with Crippen molar-refractivity contribution in [3.05, 3.63) is 137 Å². The molecular formula is C33H29F3N2. The first-order valence-corrected chi connectivity index (χ1v) is 13.3. The van der Waals surface area contributed by atoms with Gasteiger partial charge in [-0.1, -0.05) is 78.9 Å². The predicted octanol–water partition coefficient (Wildman–Crippen LogP) is 7.79. The Balaban J connectivity index is 1.34. The van der Waals surface area contributed by atoms with Crippen LogP contribution in [0.25, 0.3) is 0 Å². The third-order valence-electron chi connectivity index (χ3n) is 9.54. The second kappa shape index (κ2) is 8.54. The summed E-state index contributed by atoms with van der Waals surface area (Å²) in [5.74, 6) is 0.513. The van der Waals surface area contributed by atoms with Gasteiger partial charge in [0.1, 0.15) is 0 Å². The summed E-state index contributed by atoms with van der Waals surface area (Å²) in [5.41, 5.74) is 4.29. The summed E-state index contributed by atoms with van der Waals surface area (Å²) in [6, 6.07) is 31.8. The zero-order chi connectivity index (χ0) is 26.0. The first kappa shape index (κ1) is 23.7. The van der Waals surface area contributed by atoms with E-state index in [2.05, 4.69) is 70.5 Å². The Hall–Kier alpha value is -3.44. The highest BCUT2D eigenvalue weighted by Crippen LogP contribution is 2.82. The van der Waals surface area contributed by atoms with Gasteiger partial charge in [-0.3, -0.25) is 9.88 Å². The van der Waals surface area contributed by atoms with Gasteiger partial charge in [-0.25, -0.2) is 0 Å². The Bertz CT molecular complexity index is 1410. The molecule has 2 bridgehead atoms. The lowest BCUT2D eigenvalue weighted by Gasteiger charge is -2.53. The number of nitrogens with zero attached hydrogens (tertiary/aromatic N) is 2. The van der Waals surface area contributed by atoms with Crippen LogP contribution in [0.15, 0.2) is 109 Å². The summed E-state index contributed by atoms with van der Waals surface area (Å²) < 4.78 is 40.3. The molecule has 3 aliphatic carbocycles. The van der Waals surface area contributed by atoms with E-state index in [0.717, 1.165) is 31.5 Å². The van der Waals surface area contributed by atoms with Gasteiger partial charge in [-0.15, -0.1) is 0 Å². The number of hydrogen-bond donors (Lipinski definition) is 0. The second-order valence-corrected chi connectivity index (χ2v) is 11.4. The molecule has 1 spiro atoms. The molecule has 0 radical (unpaired) electrons. The van der Waals surface area contributed by atoms with Crippen molar-refractivity contribution in [2.75, 3.05) is 6.54 Å². The Morgan fingerprint density at radius 1 is 0.789 bits per heavy atom. The van der Waals surface area contributed by atoms with Gasteiger partial charge in [0.15, 0.2) is 0 Å². The second-order valence-electron chi connectivity index (χ2n) is 11.4. The summed E-state index contributed by atoms with van der Waals surface area (Å²) in [5, 5.41) is 0. The number of halogens is 3. The molecule has 3 atom stereocenters. The summed E-state index contributed by atoms with van der Waals surface area (Å²) in [6.45, 7) is 1.72. The lowest BCUT2D eigenvalue weighted by Crippen LogP contribution is -2.47. The number of pyridine rings is 1. The fourth-order valence-corrected chi connectivity index (χ4v) is 8.37. The lowest BCUT2D eigenvalue weighted by molar-refractivity contribution is -0.137. The molecule has 192 valence electrons. The summed E-state index contributed by atoms with van der Waals surface area (Å²) >= 11 is 0. The number of aromatic nitrogens is 1. The van der Waals surface area contributed by atoms with E-state index in [1.54, 1.807) is 18.3 Å². The lowest BCUT2D eigenvalue weighted by atomic mass is 9.52. The highest BCUT2D eigenvalue weighted by atomic mass is 19.4. The van der Waals surface area contributed by atoms with Crippen LogP contribution in [0.4, 0.5) is 13.2 Å². The fourth-order valence-electron chi connectivity index (χ4n) is 8.37. The summed E-state index contributed by atoms with van der Waals surface area (Å²) in [4.78, 5) is 6.95. The maximum absolute atomic E-state index is 13.4. The van der Waals surface area contributed by atoms with Gasteiger partial charge < -0.3 is 0 Å². The normalized spacial score (nSPS) is 30.1. The van der Waals surface area contributed by atoms with E-state index in [0.29, 0.717) is 5.92 Å². The average Bonchev–Trinajstić information content (AvgIpc) is 3.48. The van der Waals surface area contributed by atoms with E-state index in [-0.39, 0.29) is 22.8 Å². The van der Waals surface area contributed by atoms with E-state index in [1.807, 2.05) is 18.3 Å². The zero-order valence-electron chi connectivity index (χ0n) is 21.0. The molecule has 1 unspecified atom stereocenters. The Morgan fingerprint density at radius 3 is 2.11 bits per heavy atom. The van der Waals surface area contributed by atoms with Crippen LogP contribution in [0.3, 0.4) is 0 Å². The Labute approximate surface area is 221 Å². The highest BCUT2D eigenvalue weighted by Gasteiger charge is 2.77. The van der Waals surface area contributed by atoms with Gasteiger partial charge in [0.25, 0.3) is 0 Å². The number of likely N-dealkylation sites (tertiary alicyclic amines) is 1. The summed E-state index contributed by atoms with van der Waals surface area (Å²) in [6.07, 6.45) is 1.50. The molecule has 1 saturated heterocycles. The predicted molar refractivity (Wildman–Crippen MR) is 141 cm³/mol. The third kappa shape index (κ3) is 3.48. The molecule has 38 heavy (non-hydrogen) atoms. The molecule has 1 aromatic heterocycles. The van der Waals surface area contributed by atoms with Crippen LogP contribution in [0.1, 0.15) is 52.6 Å². The quantitative estimate of drug-likeness (QED) is 0.272. The van der Waals surface area contributed by atoms with Gasteiger partial charge in [0.2, 0.25) is 0 Å². The van der Waals surface area contributed by atoms with Crippen LogP contribution in [0, 0.1) is 11.3 Å². The van der Waals surface area contributed by atoms with Crippen LogP contribution < -0.4 is 0 Å². The Morgan fingerprint density at radius 2 is 1.47 bits per heavy atom. The molecular weight excluding hydrogens is 481 g/mol. The van der Waals surface area contributed by atoms with Crippen molar-refractivity contribution >= 4 is 0 Å². The molecule has 4 aromatic rings.